The molecule has 6 heteroatoms. The number of aromatic nitrogens is 3. The minimum absolute atomic E-state index is 0.144. The number of hydrogen-bond donors (Lipinski definition) is 0. The van der Waals surface area contributed by atoms with Gasteiger partial charge in [0.25, 0.3) is 0 Å². The standard InChI is InChI=1S/C14H13N3O2S/c1-9(2)17-11-8-12(13(18)15-14(11)19-16-17)20-10-6-4-3-5-7-10/h3-9H,1-2H3. The number of pyridine rings is 1. The SMILES string of the molecule is CC(C)[n+]1noc2nc([O-])c(Sc3ccccc3)cc21. The fraction of sp³-hybridized carbons (Fsp3) is 0.214. The number of fused-ring (bicyclic) bond motifs is 1. The molecule has 0 aliphatic heterocycles. The van der Waals surface area contributed by atoms with Crippen molar-refractivity contribution in [1.82, 2.24) is 10.3 Å². The molecule has 0 spiro atoms. The van der Waals surface area contributed by atoms with Crippen LogP contribution in [0.2, 0.25) is 0 Å². The van der Waals surface area contributed by atoms with Crippen LogP contribution >= 0.6 is 11.8 Å². The first-order valence-corrected chi connectivity index (χ1v) is 7.09. The molecule has 3 rings (SSSR count). The van der Waals surface area contributed by atoms with Gasteiger partial charge in [-0.2, -0.15) is 0 Å². The van der Waals surface area contributed by atoms with Crippen LogP contribution in [0.4, 0.5) is 0 Å². The van der Waals surface area contributed by atoms with E-state index in [0.29, 0.717) is 4.90 Å². The van der Waals surface area contributed by atoms with Crippen LogP contribution in [0, 0.1) is 0 Å². The first kappa shape index (κ1) is 12.9. The van der Waals surface area contributed by atoms with Crippen molar-refractivity contribution in [2.45, 2.75) is 29.7 Å². The largest absolute Gasteiger partial charge is 0.858 e. The predicted octanol–water partition coefficient (Wildman–Crippen LogP) is 2.32. The van der Waals surface area contributed by atoms with E-state index in [-0.39, 0.29) is 17.6 Å². The lowest BCUT2D eigenvalue weighted by atomic mass is 10.3. The highest BCUT2D eigenvalue weighted by atomic mass is 32.2. The van der Waals surface area contributed by atoms with E-state index in [2.05, 4.69) is 10.3 Å². The maximum Gasteiger partial charge on any atom is 0.328 e. The Hall–Kier alpha value is -2.08. The van der Waals surface area contributed by atoms with Gasteiger partial charge in [0.05, 0.1) is 0 Å². The van der Waals surface area contributed by atoms with Crippen LogP contribution < -0.4 is 9.79 Å². The minimum Gasteiger partial charge on any atom is -0.858 e. The third-order valence-electron chi connectivity index (χ3n) is 2.82. The van der Waals surface area contributed by atoms with Crippen molar-refractivity contribution in [1.29, 1.82) is 0 Å². The third-order valence-corrected chi connectivity index (χ3v) is 3.84. The first-order chi connectivity index (χ1) is 9.65. The van der Waals surface area contributed by atoms with Crippen molar-refractivity contribution in [2.75, 3.05) is 0 Å². The van der Waals surface area contributed by atoms with Gasteiger partial charge in [-0.25, -0.2) is 4.98 Å². The van der Waals surface area contributed by atoms with E-state index in [1.165, 1.54) is 11.8 Å². The molecule has 2 aromatic heterocycles. The van der Waals surface area contributed by atoms with E-state index < -0.39 is 0 Å². The summed E-state index contributed by atoms with van der Waals surface area (Å²) < 4.78 is 6.81. The van der Waals surface area contributed by atoms with Crippen LogP contribution in [0.1, 0.15) is 19.9 Å². The molecule has 102 valence electrons. The molecule has 0 aliphatic carbocycles. The van der Waals surface area contributed by atoms with Gasteiger partial charge in [-0.1, -0.05) is 30.0 Å². The normalized spacial score (nSPS) is 11.3. The lowest BCUT2D eigenvalue weighted by molar-refractivity contribution is -0.758. The summed E-state index contributed by atoms with van der Waals surface area (Å²) in [5, 5.41) is 15.9. The summed E-state index contributed by atoms with van der Waals surface area (Å²) in [6, 6.07) is 11.7. The maximum absolute atomic E-state index is 12.0. The lowest BCUT2D eigenvalue weighted by Gasteiger charge is -2.09. The van der Waals surface area contributed by atoms with Gasteiger partial charge in [-0.3, -0.25) is 4.52 Å². The Morgan fingerprint density at radius 1 is 1.25 bits per heavy atom. The van der Waals surface area contributed by atoms with Crippen molar-refractivity contribution >= 4 is 23.0 Å². The van der Waals surface area contributed by atoms with E-state index >= 15 is 0 Å². The Balaban J connectivity index is 2.06. The molecule has 0 atom stereocenters. The van der Waals surface area contributed by atoms with Crippen molar-refractivity contribution in [3.05, 3.63) is 36.4 Å². The summed E-state index contributed by atoms with van der Waals surface area (Å²) in [6.07, 6.45) is 0. The van der Waals surface area contributed by atoms with E-state index in [1.807, 2.05) is 44.2 Å². The Morgan fingerprint density at radius 3 is 2.70 bits per heavy atom. The summed E-state index contributed by atoms with van der Waals surface area (Å²) >= 11 is 1.40. The first-order valence-electron chi connectivity index (χ1n) is 6.27. The predicted molar refractivity (Wildman–Crippen MR) is 72.4 cm³/mol. The van der Waals surface area contributed by atoms with Crippen molar-refractivity contribution in [3.8, 4) is 5.88 Å². The third kappa shape index (κ3) is 2.34. The zero-order valence-electron chi connectivity index (χ0n) is 11.1. The highest BCUT2D eigenvalue weighted by Crippen LogP contribution is 2.33. The van der Waals surface area contributed by atoms with Gasteiger partial charge < -0.3 is 5.11 Å². The smallest absolute Gasteiger partial charge is 0.328 e. The van der Waals surface area contributed by atoms with E-state index in [4.69, 9.17) is 4.52 Å². The molecule has 5 nitrogen and oxygen atoms in total. The summed E-state index contributed by atoms with van der Waals surface area (Å²) in [7, 11) is 0. The van der Waals surface area contributed by atoms with Gasteiger partial charge in [0.2, 0.25) is 5.27 Å². The summed E-state index contributed by atoms with van der Waals surface area (Å²) in [4.78, 5) is 5.52. The van der Waals surface area contributed by atoms with Crippen LogP contribution in [0.5, 0.6) is 5.88 Å². The van der Waals surface area contributed by atoms with Crippen molar-refractivity contribution in [3.63, 3.8) is 0 Å². The van der Waals surface area contributed by atoms with Gasteiger partial charge in [-0.05, 0) is 16.8 Å². The molecule has 0 fully saturated rings. The zero-order valence-corrected chi connectivity index (χ0v) is 11.9. The second kappa shape index (κ2) is 5.13. The monoisotopic (exact) mass is 287 g/mol. The molecule has 0 radical (unpaired) electrons. The molecule has 2 heterocycles. The molecule has 0 unspecified atom stereocenters. The Kier molecular flexibility index (Phi) is 3.31. The van der Waals surface area contributed by atoms with Crippen LogP contribution in [0.3, 0.4) is 0 Å². The number of rotatable bonds is 3. The fourth-order valence-electron chi connectivity index (χ4n) is 1.87. The Labute approximate surface area is 120 Å². The van der Waals surface area contributed by atoms with Gasteiger partial charge in [0.15, 0.2) is 6.04 Å². The molecule has 1 aromatic carbocycles. The zero-order chi connectivity index (χ0) is 14.1. The average molecular weight is 287 g/mol. The van der Waals surface area contributed by atoms with Crippen LogP contribution in [-0.4, -0.2) is 10.3 Å². The molecule has 0 bridgehead atoms. The molecule has 0 saturated heterocycles. The van der Waals surface area contributed by atoms with Gasteiger partial charge in [0, 0.05) is 35.6 Å². The maximum atomic E-state index is 12.0. The van der Waals surface area contributed by atoms with Gasteiger partial charge in [0.1, 0.15) is 0 Å². The summed E-state index contributed by atoms with van der Waals surface area (Å²) in [5.41, 5.74) is 1.01. The number of benzene rings is 1. The lowest BCUT2D eigenvalue weighted by Crippen LogP contribution is -2.38. The topological polar surface area (TPSA) is 65.9 Å². The molecule has 0 aliphatic rings. The van der Waals surface area contributed by atoms with Crippen LogP contribution in [0.15, 0.2) is 50.7 Å². The van der Waals surface area contributed by atoms with E-state index in [0.717, 1.165) is 10.4 Å². The number of nitrogens with zero attached hydrogens (tertiary/aromatic N) is 3. The van der Waals surface area contributed by atoms with Crippen LogP contribution in [-0.2, 0) is 0 Å². The molecule has 20 heavy (non-hydrogen) atoms. The van der Waals surface area contributed by atoms with Crippen LogP contribution in [0.25, 0.3) is 11.2 Å². The Bertz CT molecular complexity index is 741. The van der Waals surface area contributed by atoms with E-state index in [9.17, 15) is 5.11 Å². The quantitative estimate of drug-likeness (QED) is 0.692. The second-order valence-corrected chi connectivity index (χ2v) is 5.76. The fourth-order valence-corrected chi connectivity index (χ4v) is 2.72. The molecular weight excluding hydrogens is 274 g/mol. The summed E-state index contributed by atoms with van der Waals surface area (Å²) in [6.45, 7) is 3.99. The van der Waals surface area contributed by atoms with E-state index in [1.54, 1.807) is 10.7 Å². The van der Waals surface area contributed by atoms with Gasteiger partial charge >= 0.3 is 11.2 Å². The highest BCUT2D eigenvalue weighted by molar-refractivity contribution is 7.99. The second-order valence-electron chi connectivity index (χ2n) is 4.64. The van der Waals surface area contributed by atoms with Crippen molar-refractivity contribution < 1.29 is 14.3 Å². The molecular formula is C14H13N3O2S. The molecule has 3 aromatic rings. The Morgan fingerprint density at radius 2 is 2.00 bits per heavy atom. The molecule has 0 saturated carbocycles. The number of hydrogen-bond acceptors (Lipinski definition) is 5. The average Bonchev–Trinajstić information content (AvgIpc) is 2.83. The molecule has 0 N–H and O–H groups in total. The molecule has 0 amide bonds. The minimum atomic E-state index is -0.293. The summed E-state index contributed by atoms with van der Waals surface area (Å²) in [5.74, 6) is -0.293. The van der Waals surface area contributed by atoms with Crippen molar-refractivity contribution in [2.24, 2.45) is 0 Å². The van der Waals surface area contributed by atoms with Gasteiger partial charge in [-0.15, -0.1) is 0 Å². The highest BCUT2D eigenvalue weighted by Gasteiger charge is 2.21.